The van der Waals surface area contributed by atoms with Gasteiger partial charge in [0.1, 0.15) is 6.10 Å². The normalized spacial score (nSPS) is 20.2. The molecule has 0 aromatic carbocycles. The van der Waals surface area contributed by atoms with Gasteiger partial charge in [-0.05, 0) is 56.7 Å². The molecule has 1 aliphatic rings. The van der Waals surface area contributed by atoms with Gasteiger partial charge in [0.05, 0.1) is 10.0 Å². The van der Waals surface area contributed by atoms with Crippen molar-refractivity contribution < 1.29 is 14.0 Å². The first-order chi connectivity index (χ1) is 15.6. The van der Waals surface area contributed by atoms with Gasteiger partial charge in [-0.15, -0.1) is 0 Å². The van der Waals surface area contributed by atoms with Crippen molar-refractivity contribution in [1.29, 1.82) is 0 Å². The Bertz CT molecular complexity index is 713. The molecule has 1 rings (SSSR count). The monoisotopic (exact) mass is 584 g/mol. The molecule has 186 valence electrons. The van der Waals surface area contributed by atoms with Crippen molar-refractivity contribution in [1.82, 2.24) is 0 Å². The van der Waals surface area contributed by atoms with Crippen molar-refractivity contribution in [3.05, 3.63) is 60.8 Å². The maximum Gasteiger partial charge on any atom is 0.306 e. The number of alkyl halides is 1. The minimum atomic E-state index is -1.79. The molecular weight excluding hydrogens is 539 g/mol. The molecule has 0 aromatic heterocycles. The number of hydrogen-bond donors (Lipinski definition) is 0. The molecule has 1 fully saturated rings. The smallest absolute Gasteiger partial charge is 0.306 e. The summed E-state index contributed by atoms with van der Waals surface area (Å²) in [7, 11) is -1.79. The Labute approximate surface area is 217 Å². The maximum atomic E-state index is 11.2. The van der Waals surface area contributed by atoms with E-state index in [0.717, 1.165) is 38.5 Å². The maximum absolute atomic E-state index is 11.2. The van der Waals surface area contributed by atoms with Crippen molar-refractivity contribution in [2.24, 2.45) is 0 Å². The van der Waals surface area contributed by atoms with Gasteiger partial charge >= 0.3 is 5.97 Å². The molecule has 0 bridgehead atoms. The summed E-state index contributed by atoms with van der Waals surface area (Å²) >= 11 is 2.39. The lowest BCUT2D eigenvalue weighted by atomic mass is 10.1. The van der Waals surface area contributed by atoms with E-state index in [9.17, 15) is 4.79 Å². The zero-order valence-electron chi connectivity index (χ0n) is 21.6. The van der Waals surface area contributed by atoms with Crippen molar-refractivity contribution in [3.8, 4) is 0 Å². The van der Waals surface area contributed by atoms with Gasteiger partial charge in [0.25, 0.3) is 0 Å². The van der Waals surface area contributed by atoms with Gasteiger partial charge < -0.3 is 9.16 Å². The van der Waals surface area contributed by atoms with E-state index < -0.39 is 8.32 Å². The number of carbonyl (C=O) groups excluding carboxylic acids is 1. The molecule has 1 heterocycles. The summed E-state index contributed by atoms with van der Waals surface area (Å²) in [4.78, 5) is 11.2. The lowest BCUT2D eigenvalue weighted by molar-refractivity contribution is -0.141. The van der Waals surface area contributed by atoms with Gasteiger partial charge in [0.2, 0.25) is 0 Å². The van der Waals surface area contributed by atoms with Crippen LogP contribution < -0.4 is 0 Å². The highest BCUT2D eigenvalue weighted by atomic mass is 127. The Hall–Kier alpha value is -0.923. The third kappa shape index (κ3) is 12.9. The summed E-state index contributed by atoms with van der Waals surface area (Å²) in [6.45, 7) is 13.7. The lowest BCUT2D eigenvalue weighted by Gasteiger charge is -2.38. The minimum Gasteiger partial charge on any atom is -0.461 e. The molecule has 3 nitrogen and oxygen atoms in total. The van der Waals surface area contributed by atoms with Crippen molar-refractivity contribution >= 4 is 36.9 Å². The molecule has 0 radical (unpaired) electrons. The van der Waals surface area contributed by atoms with Crippen LogP contribution in [0.15, 0.2) is 60.8 Å². The number of esters is 1. The first-order valence-electron chi connectivity index (χ1n) is 12.4. The van der Waals surface area contributed by atoms with E-state index in [1.54, 1.807) is 0 Å². The Morgan fingerprint density at radius 1 is 1.03 bits per heavy atom. The number of ether oxygens (including phenoxy) is 1. The van der Waals surface area contributed by atoms with E-state index in [0.29, 0.717) is 10.3 Å². The molecule has 0 N–H and O–H groups in total. The number of rotatable bonds is 14. The van der Waals surface area contributed by atoms with Crippen LogP contribution in [0.2, 0.25) is 18.1 Å². The fourth-order valence-corrected chi connectivity index (χ4v) is 5.17. The second-order valence-corrected chi connectivity index (χ2v) is 16.4. The number of carbonyl (C=O) groups is 1. The molecule has 1 aliphatic heterocycles. The van der Waals surface area contributed by atoms with E-state index >= 15 is 0 Å². The Morgan fingerprint density at radius 3 is 2.27 bits per heavy atom. The molecule has 5 heteroatoms. The molecule has 33 heavy (non-hydrogen) atoms. The van der Waals surface area contributed by atoms with Crippen LogP contribution in [-0.4, -0.2) is 30.4 Å². The minimum absolute atomic E-state index is 0.0524. The summed E-state index contributed by atoms with van der Waals surface area (Å²) in [6, 6.07) is 0. The number of hydrogen-bond acceptors (Lipinski definition) is 3. The third-order valence-electron chi connectivity index (χ3n) is 6.15. The molecule has 0 saturated carbocycles. The SMILES string of the molecule is CCC=CCC(C=CC=CCC=CCC=CCC(I)C1CCC(=O)O1)O[Si](C)(C)C(C)(C)C. The van der Waals surface area contributed by atoms with Crippen LogP contribution in [0.4, 0.5) is 0 Å². The van der Waals surface area contributed by atoms with Crippen molar-refractivity contribution in [3.63, 3.8) is 0 Å². The van der Waals surface area contributed by atoms with E-state index in [4.69, 9.17) is 9.16 Å². The summed E-state index contributed by atoms with van der Waals surface area (Å²) < 4.78 is 12.3. The highest BCUT2D eigenvalue weighted by molar-refractivity contribution is 14.1. The molecular formula is C28H45IO3Si. The quantitative estimate of drug-likeness (QED) is 0.0512. The summed E-state index contributed by atoms with van der Waals surface area (Å²) in [5, 5.41) is 0.212. The highest BCUT2D eigenvalue weighted by Crippen LogP contribution is 2.37. The number of cyclic esters (lactones) is 1. The second kappa shape index (κ2) is 15.9. The summed E-state index contributed by atoms with van der Waals surface area (Å²) in [5.41, 5.74) is 0. The number of allylic oxidation sites excluding steroid dienone is 8. The predicted molar refractivity (Wildman–Crippen MR) is 153 cm³/mol. The zero-order chi connectivity index (χ0) is 24.7. The molecule has 3 unspecified atom stereocenters. The first-order valence-corrected chi connectivity index (χ1v) is 16.5. The average Bonchev–Trinajstić information content (AvgIpc) is 3.17. The topological polar surface area (TPSA) is 35.5 Å². The van der Waals surface area contributed by atoms with Gasteiger partial charge in [-0.25, -0.2) is 0 Å². The summed E-state index contributed by atoms with van der Waals surface area (Å²) in [6.07, 6.45) is 28.3. The average molecular weight is 585 g/mol. The Kier molecular flexibility index (Phi) is 14.5. The van der Waals surface area contributed by atoms with Crippen LogP contribution in [0.3, 0.4) is 0 Å². The number of halogens is 1. The van der Waals surface area contributed by atoms with Crippen molar-refractivity contribution in [2.75, 3.05) is 0 Å². The lowest BCUT2D eigenvalue weighted by Crippen LogP contribution is -2.43. The highest BCUT2D eigenvalue weighted by Gasteiger charge is 2.38. The molecule has 3 atom stereocenters. The van der Waals surface area contributed by atoms with Crippen LogP contribution in [0.5, 0.6) is 0 Å². The van der Waals surface area contributed by atoms with Gasteiger partial charge in [0.15, 0.2) is 8.32 Å². The van der Waals surface area contributed by atoms with Crippen LogP contribution in [0.1, 0.15) is 72.6 Å². The third-order valence-corrected chi connectivity index (χ3v) is 12.0. The molecule has 0 aromatic rings. The van der Waals surface area contributed by atoms with Crippen LogP contribution >= 0.6 is 22.6 Å². The Balaban J connectivity index is 2.37. The second-order valence-electron chi connectivity index (χ2n) is 10.1. The largest absolute Gasteiger partial charge is 0.461 e. The molecule has 0 spiro atoms. The van der Waals surface area contributed by atoms with Crippen LogP contribution in [0, 0.1) is 0 Å². The van der Waals surface area contributed by atoms with E-state index in [-0.39, 0.29) is 23.2 Å². The van der Waals surface area contributed by atoms with E-state index in [1.165, 1.54) is 0 Å². The van der Waals surface area contributed by atoms with Gasteiger partial charge in [0, 0.05) is 6.42 Å². The fourth-order valence-electron chi connectivity index (χ4n) is 3.09. The van der Waals surface area contributed by atoms with Gasteiger partial charge in [-0.1, -0.05) is 111 Å². The fraction of sp³-hybridized carbons (Fsp3) is 0.607. The molecule has 0 amide bonds. The standard InChI is InChI=1S/C28H45IO3Si/c1-7-8-16-19-24(32-33(5,6)28(2,3)4)20-17-14-12-10-9-11-13-15-18-21-25(29)26-22-23-27(30)31-26/h8-9,11-12,14-18,20,24-26H,7,10,13,19,21-23H2,1-6H3. The zero-order valence-corrected chi connectivity index (χ0v) is 24.7. The Morgan fingerprint density at radius 2 is 1.67 bits per heavy atom. The molecule has 1 saturated heterocycles. The van der Waals surface area contributed by atoms with Crippen LogP contribution in [0.25, 0.3) is 0 Å². The predicted octanol–water partition coefficient (Wildman–Crippen LogP) is 8.64. The van der Waals surface area contributed by atoms with E-state index in [2.05, 4.69) is 124 Å². The first kappa shape index (κ1) is 30.1. The van der Waals surface area contributed by atoms with Crippen LogP contribution in [-0.2, 0) is 14.0 Å². The van der Waals surface area contributed by atoms with Gasteiger partial charge in [-0.2, -0.15) is 0 Å². The van der Waals surface area contributed by atoms with Crippen molar-refractivity contribution in [2.45, 2.75) is 107 Å². The summed E-state index contributed by atoms with van der Waals surface area (Å²) in [5.74, 6) is -0.0524. The van der Waals surface area contributed by atoms with Gasteiger partial charge in [-0.3, -0.25) is 4.79 Å². The van der Waals surface area contributed by atoms with E-state index in [1.807, 2.05) is 0 Å². The molecule has 0 aliphatic carbocycles.